The van der Waals surface area contributed by atoms with Gasteiger partial charge in [-0.1, -0.05) is 36.4 Å². The molecule has 4 nitrogen and oxygen atoms in total. The molecule has 0 saturated heterocycles. The van der Waals surface area contributed by atoms with Crippen molar-refractivity contribution in [2.24, 2.45) is 0 Å². The standard InChI is InChI=1S/C23H22N2O2/c1-15-21-17-12-8-9-13-19(17)25(16-10-6-5-7-11-16)20(21)14-18(24-15)22(26)27-23(2,3)4/h5-14H,1-4H3. The van der Waals surface area contributed by atoms with Gasteiger partial charge in [-0.3, -0.25) is 0 Å². The van der Waals surface area contributed by atoms with E-state index in [2.05, 4.69) is 33.8 Å². The lowest BCUT2D eigenvalue weighted by atomic mass is 10.1. The van der Waals surface area contributed by atoms with Crippen molar-refractivity contribution in [1.29, 1.82) is 0 Å². The number of pyridine rings is 1. The summed E-state index contributed by atoms with van der Waals surface area (Å²) in [5.74, 6) is -0.405. The quantitative estimate of drug-likeness (QED) is 0.448. The minimum Gasteiger partial charge on any atom is -0.455 e. The van der Waals surface area contributed by atoms with Gasteiger partial charge in [0, 0.05) is 22.2 Å². The molecule has 4 aromatic rings. The van der Waals surface area contributed by atoms with Crippen LogP contribution in [0, 0.1) is 6.92 Å². The third-order valence-corrected chi connectivity index (χ3v) is 4.46. The Morgan fingerprint density at radius 3 is 2.33 bits per heavy atom. The topological polar surface area (TPSA) is 44.1 Å². The van der Waals surface area contributed by atoms with Crippen molar-refractivity contribution >= 4 is 27.8 Å². The molecule has 2 aromatic heterocycles. The third-order valence-electron chi connectivity index (χ3n) is 4.46. The Morgan fingerprint density at radius 1 is 0.963 bits per heavy atom. The highest BCUT2D eigenvalue weighted by Crippen LogP contribution is 2.34. The lowest BCUT2D eigenvalue weighted by Crippen LogP contribution is -2.24. The lowest BCUT2D eigenvalue weighted by molar-refractivity contribution is 0.00628. The highest BCUT2D eigenvalue weighted by atomic mass is 16.6. The van der Waals surface area contributed by atoms with Crippen LogP contribution in [0.15, 0.2) is 60.7 Å². The van der Waals surface area contributed by atoms with Crippen LogP contribution in [-0.2, 0) is 4.74 Å². The predicted octanol–water partition coefficient (Wildman–Crippen LogP) is 5.44. The SMILES string of the molecule is Cc1nc(C(=O)OC(C)(C)C)cc2c1c1ccccc1n2-c1ccccc1. The van der Waals surface area contributed by atoms with Crippen molar-refractivity contribution in [3.8, 4) is 5.69 Å². The highest BCUT2D eigenvalue weighted by molar-refractivity contribution is 6.11. The predicted molar refractivity (Wildman–Crippen MR) is 108 cm³/mol. The number of rotatable bonds is 2. The maximum atomic E-state index is 12.6. The molecule has 27 heavy (non-hydrogen) atoms. The van der Waals surface area contributed by atoms with Gasteiger partial charge in [0.1, 0.15) is 5.60 Å². The summed E-state index contributed by atoms with van der Waals surface area (Å²) in [5, 5.41) is 2.18. The minimum atomic E-state index is -0.562. The Morgan fingerprint density at radius 2 is 1.63 bits per heavy atom. The van der Waals surface area contributed by atoms with Crippen molar-refractivity contribution in [1.82, 2.24) is 9.55 Å². The molecule has 2 heterocycles. The second kappa shape index (κ2) is 6.23. The van der Waals surface area contributed by atoms with E-state index < -0.39 is 11.6 Å². The van der Waals surface area contributed by atoms with Crippen LogP contribution in [0.5, 0.6) is 0 Å². The van der Waals surface area contributed by atoms with E-state index in [0.717, 1.165) is 33.2 Å². The number of esters is 1. The molecule has 2 aromatic carbocycles. The van der Waals surface area contributed by atoms with Crippen molar-refractivity contribution in [3.05, 3.63) is 72.1 Å². The lowest BCUT2D eigenvalue weighted by Gasteiger charge is -2.19. The first-order valence-electron chi connectivity index (χ1n) is 9.05. The molecule has 0 bridgehead atoms. The maximum Gasteiger partial charge on any atom is 0.357 e. The number of aromatic nitrogens is 2. The van der Waals surface area contributed by atoms with E-state index in [1.807, 2.05) is 64.1 Å². The van der Waals surface area contributed by atoms with Gasteiger partial charge in [-0.15, -0.1) is 0 Å². The normalized spacial score (nSPS) is 11.9. The summed E-state index contributed by atoms with van der Waals surface area (Å²) in [4.78, 5) is 17.2. The van der Waals surface area contributed by atoms with Gasteiger partial charge in [0.25, 0.3) is 0 Å². The number of fused-ring (bicyclic) bond motifs is 3. The molecule has 0 radical (unpaired) electrons. The van der Waals surface area contributed by atoms with Crippen LogP contribution in [-0.4, -0.2) is 21.1 Å². The first-order valence-corrected chi connectivity index (χ1v) is 9.05. The Balaban J connectivity index is 2.03. The van der Waals surface area contributed by atoms with Gasteiger partial charge in [-0.05, 0) is 52.0 Å². The van der Waals surface area contributed by atoms with Crippen molar-refractivity contribution < 1.29 is 9.53 Å². The number of hydrogen-bond acceptors (Lipinski definition) is 3. The Bertz CT molecular complexity index is 1150. The average Bonchev–Trinajstić information content (AvgIpc) is 2.95. The fraction of sp³-hybridized carbons (Fsp3) is 0.217. The number of carbonyl (C=O) groups excluding carboxylic acids is 1. The average molecular weight is 358 g/mol. The van der Waals surface area contributed by atoms with Crippen LogP contribution in [0.1, 0.15) is 37.0 Å². The number of carbonyl (C=O) groups is 1. The van der Waals surface area contributed by atoms with Gasteiger partial charge in [0.2, 0.25) is 0 Å². The van der Waals surface area contributed by atoms with Gasteiger partial charge in [-0.25, -0.2) is 9.78 Å². The molecular formula is C23H22N2O2. The van der Waals surface area contributed by atoms with Crippen LogP contribution in [0.4, 0.5) is 0 Å². The smallest absolute Gasteiger partial charge is 0.357 e. The molecule has 136 valence electrons. The molecule has 4 rings (SSSR count). The van der Waals surface area contributed by atoms with Crippen LogP contribution < -0.4 is 0 Å². The zero-order valence-electron chi connectivity index (χ0n) is 16.0. The van der Waals surface area contributed by atoms with Crippen LogP contribution in [0.25, 0.3) is 27.5 Å². The molecule has 0 atom stereocenters. The summed E-state index contributed by atoms with van der Waals surface area (Å²) < 4.78 is 7.71. The number of ether oxygens (including phenoxy) is 1. The molecule has 0 unspecified atom stereocenters. The number of para-hydroxylation sites is 2. The molecular weight excluding hydrogens is 336 g/mol. The summed E-state index contributed by atoms with van der Waals surface area (Å²) >= 11 is 0. The number of aryl methyl sites for hydroxylation is 1. The van der Waals surface area contributed by atoms with Crippen LogP contribution in [0.2, 0.25) is 0 Å². The summed E-state index contributed by atoms with van der Waals surface area (Å²) in [6.45, 7) is 7.52. The van der Waals surface area contributed by atoms with E-state index in [1.54, 1.807) is 0 Å². The van der Waals surface area contributed by atoms with E-state index in [1.165, 1.54) is 0 Å². The van der Waals surface area contributed by atoms with Gasteiger partial charge >= 0.3 is 5.97 Å². The zero-order chi connectivity index (χ0) is 19.2. The number of benzene rings is 2. The monoisotopic (exact) mass is 358 g/mol. The van der Waals surface area contributed by atoms with E-state index in [4.69, 9.17) is 4.74 Å². The molecule has 0 saturated carbocycles. The Hall–Kier alpha value is -3.14. The molecule has 4 heteroatoms. The number of hydrogen-bond donors (Lipinski definition) is 0. The summed E-state index contributed by atoms with van der Waals surface area (Å²) in [5.41, 5.74) is 3.67. The number of nitrogens with zero attached hydrogens (tertiary/aromatic N) is 2. The molecule has 0 amide bonds. The van der Waals surface area contributed by atoms with Crippen LogP contribution in [0.3, 0.4) is 0 Å². The highest BCUT2D eigenvalue weighted by Gasteiger charge is 2.22. The Labute approximate surface area is 158 Å². The van der Waals surface area contributed by atoms with E-state index in [-0.39, 0.29) is 0 Å². The third kappa shape index (κ3) is 3.08. The van der Waals surface area contributed by atoms with Crippen LogP contribution >= 0.6 is 0 Å². The maximum absolute atomic E-state index is 12.6. The second-order valence-electron chi connectivity index (χ2n) is 7.68. The van der Waals surface area contributed by atoms with E-state index >= 15 is 0 Å². The largest absolute Gasteiger partial charge is 0.455 e. The van der Waals surface area contributed by atoms with Gasteiger partial charge in [0.15, 0.2) is 5.69 Å². The fourth-order valence-electron chi connectivity index (χ4n) is 3.47. The zero-order valence-corrected chi connectivity index (χ0v) is 16.0. The molecule has 0 fully saturated rings. The van der Waals surface area contributed by atoms with Gasteiger partial charge in [-0.2, -0.15) is 0 Å². The first kappa shape index (κ1) is 17.3. The second-order valence-corrected chi connectivity index (χ2v) is 7.68. The van der Waals surface area contributed by atoms with Gasteiger partial charge < -0.3 is 9.30 Å². The molecule has 0 aliphatic heterocycles. The molecule has 0 spiro atoms. The molecule has 0 N–H and O–H groups in total. The first-order chi connectivity index (χ1) is 12.8. The van der Waals surface area contributed by atoms with E-state index in [0.29, 0.717) is 5.69 Å². The fourth-order valence-corrected chi connectivity index (χ4v) is 3.47. The Kier molecular flexibility index (Phi) is 3.99. The summed E-state index contributed by atoms with van der Waals surface area (Å²) in [6, 6.07) is 20.2. The summed E-state index contributed by atoms with van der Waals surface area (Å²) in [6.07, 6.45) is 0. The minimum absolute atomic E-state index is 0.329. The van der Waals surface area contributed by atoms with Crippen molar-refractivity contribution in [2.45, 2.75) is 33.3 Å². The van der Waals surface area contributed by atoms with Gasteiger partial charge in [0.05, 0.1) is 11.0 Å². The molecule has 0 aliphatic carbocycles. The van der Waals surface area contributed by atoms with Crippen molar-refractivity contribution in [2.75, 3.05) is 0 Å². The molecule has 0 aliphatic rings. The van der Waals surface area contributed by atoms with Crippen molar-refractivity contribution in [3.63, 3.8) is 0 Å². The van der Waals surface area contributed by atoms with E-state index in [9.17, 15) is 4.79 Å². The summed E-state index contributed by atoms with van der Waals surface area (Å²) in [7, 11) is 0.